The Balaban J connectivity index is 2.16. The van der Waals surface area contributed by atoms with E-state index in [9.17, 15) is 0 Å². The van der Waals surface area contributed by atoms with E-state index in [-0.39, 0.29) is 0 Å². The monoisotopic (exact) mass is 281 g/mol. The second-order valence-corrected chi connectivity index (χ2v) is 5.98. The number of hydrogen-bond acceptors (Lipinski definition) is 3. The molecule has 0 spiro atoms. The number of nitrogens with one attached hydrogen (secondary N) is 1. The lowest BCUT2D eigenvalue weighted by Crippen LogP contribution is -2.55. The highest BCUT2D eigenvalue weighted by atomic mass is 35.5. The third kappa shape index (κ3) is 3.22. The summed E-state index contributed by atoms with van der Waals surface area (Å²) >= 11 is 6.35. The molecule has 19 heavy (non-hydrogen) atoms. The van der Waals surface area contributed by atoms with Gasteiger partial charge < -0.3 is 10.2 Å². The number of rotatable bonds is 3. The molecule has 0 amide bonds. The number of nitrogens with zero attached hydrogens (tertiary/aromatic N) is 2. The molecule has 0 saturated carbocycles. The van der Waals surface area contributed by atoms with Crippen LogP contribution in [0.3, 0.4) is 0 Å². The van der Waals surface area contributed by atoms with E-state index in [4.69, 9.17) is 11.6 Å². The summed E-state index contributed by atoms with van der Waals surface area (Å²) in [5.41, 5.74) is 2.39. The minimum atomic E-state index is 0.569. The molecule has 1 aliphatic heterocycles. The Morgan fingerprint density at radius 2 is 1.89 bits per heavy atom. The maximum absolute atomic E-state index is 6.35. The zero-order valence-corrected chi connectivity index (χ0v) is 13.0. The van der Waals surface area contributed by atoms with Crippen LogP contribution in [0, 0.1) is 0 Å². The SMILES string of the molecule is CNCc1ccc(N2CC(C)N(C)C(C)C2)cc1Cl. The van der Waals surface area contributed by atoms with Crippen LogP contribution >= 0.6 is 11.6 Å². The van der Waals surface area contributed by atoms with Gasteiger partial charge in [-0.2, -0.15) is 0 Å². The highest BCUT2D eigenvalue weighted by Crippen LogP contribution is 2.26. The molecule has 1 aromatic carbocycles. The van der Waals surface area contributed by atoms with Gasteiger partial charge in [-0.15, -0.1) is 0 Å². The molecular weight excluding hydrogens is 258 g/mol. The van der Waals surface area contributed by atoms with Crippen LogP contribution in [-0.2, 0) is 6.54 Å². The summed E-state index contributed by atoms with van der Waals surface area (Å²) in [6.07, 6.45) is 0. The molecule has 1 heterocycles. The summed E-state index contributed by atoms with van der Waals surface area (Å²) in [6, 6.07) is 7.54. The van der Waals surface area contributed by atoms with Crippen molar-refractivity contribution in [2.45, 2.75) is 32.5 Å². The second kappa shape index (κ2) is 6.12. The molecule has 0 aromatic heterocycles. The van der Waals surface area contributed by atoms with Gasteiger partial charge in [0.25, 0.3) is 0 Å². The van der Waals surface area contributed by atoms with E-state index >= 15 is 0 Å². The first kappa shape index (κ1) is 14.6. The summed E-state index contributed by atoms with van der Waals surface area (Å²) < 4.78 is 0. The average molecular weight is 282 g/mol. The maximum atomic E-state index is 6.35. The van der Waals surface area contributed by atoms with Crippen molar-refractivity contribution in [2.75, 3.05) is 32.1 Å². The van der Waals surface area contributed by atoms with Crippen LogP contribution in [0.25, 0.3) is 0 Å². The first-order chi connectivity index (χ1) is 9.02. The van der Waals surface area contributed by atoms with Gasteiger partial charge in [0.05, 0.1) is 0 Å². The van der Waals surface area contributed by atoms with Crippen LogP contribution in [0.2, 0.25) is 5.02 Å². The first-order valence-electron chi connectivity index (χ1n) is 6.92. The van der Waals surface area contributed by atoms with Gasteiger partial charge >= 0.3 is 0 Å². The zero-order chi connectivity index (χ0) is 14.0. The van der Waals surface area contributed by atoms with Crippen molar-refractivity contribution < 1.29 is 0 Å². The van der Waals surface area contributed by atoms with Crippen LogP contribution in [0.5, 0.6) is 0 Å². The number of likely N-dealkylation sites (N-methyl/N-ethyl adjacent to an activating group) is 1. The predicted octanol–water partition coefficient (Wildman–Crippen LogP) is 2.59. The van der Waals surface area contributed by atoms with Crippen LogP contribution in [-0.4, -0.2) is 44.2 Å². The third-order valence-corrected chi connectivity index (χ3v) is 4.48. The van der Waals surface area contributed by atoms with Gasteiger partial charge in [-0.25, -0.2) is 0 Å². The largest absolute Gasteiger partial charge is 0.368 e. The minimum absolute atomic E-state index is 0.569. The van der Waals surface area contributed by atoms with E-state index in [2.05, 4.69) is 54.2 Å². The summed E-state index contributed by atoms with van der Waals surface area (Å²) in [7, 11) is 4.14. The molecule has 106 valence electrons. The summed E-state index contributed by atoms with van der Waals surface area (Å²) in [5, 5.41) is 3.99. The van der Waals surface area contributed by atoms with Crippen molar-refractivity contribution in [2.24, 2.45) is 0 Å². The molecule has 2 atom stereocenters. The van der Waals surface area contributed by atoms with Crippen LogP contribution < -0.4 is 10.2 Å². The number of benzene rings is 1. The van der Waals surface area contributed by atoms with Crippen molar-refractivity contribution in [1.29, 1.82) is 0 Å². The summed E-state index contributed by atoms with van der Waals surface area (Å²) in [4.78, 5) is 4.87. The van der Waals surface area contributed by atoms with E-state index in [0.29, 0.717) is 12.1 Å². The highest BCUT2D eigenvalue weighted by Gasteiger charge is 2.26. The Labute approximate surface area is 121 Å². The lowest BCUT2D eigenvalue weighted by atomic mass is 10.1. The van der Waals surface area contributed by atoms with Crippen LogP contribution in [0.1, 0.15) is 19.4 Å². The van der Waals surface area contributed by atoms with Gasteiger partial charge in [-0.05, 0) is 45.6 Å². The number of piperazine rings is 1. The third-order valence-electron chi connectivity index (χ3n) is 4.13. The Morgan fingerprint density at radius 1 is 1.26 bits per heavy atom. The van der Waals surface area contributed by atoms with E-state index in [1.165, 1.54) is 5.69 Å². The first-order valence-corrected chi connectivity index (χ1v) is 7.30. The fourth-order valence-corrected chi connectivity index (χ4v) is 2.92. The van der Waals surface area contributed by atoms with Crippen molar-refractivity contribution >= 4 is 17.3 Å². The van der Waals surface area contributed by atoms with Gasteiger partial charge in [-0.3, -0.25) is 4.90 Å². The van der Waals surface area contributed by atoms with E-state index in [0.717, 1.165) is 30.2 Å². The lowest BCUT2D eigenvalue weighted by Gasteiger charge is -2.43. The molecule has 2 unspecified atom stereocenters. The predicted molar refractivity (Wildman–Crippen MR) is 83.1 cm³/mol. The summed E-state index contributed by atoms with van der Waals surface area (Å²) in [6.45, 7) is 7.49. The zero-order valence-electron chi connectivity index (χ0n) is 12.3. The van der Waals surface area contributed by atoms with Gasteiger partial charge in [-0.1, -0.05) is 17.7 Å². The molecule has 2 rings (SSSR count). The highest BCUT2D eigenvalue weighted by molar-refractivity contribution is 6.31. The Bertz CT molecular complexity index is 423. The fourth-order valence-electron chi connectivity index (χ4n) is 2.68. The van der Waals surface area contributed by atoms with Crippen molar-refractivity contribution in [3.8, 4) is 0 Å². The Hall–Kier alpha value is -0.770. The van der Waals surface area contributed by atoms with E-state index in [1.54, 1.807) is 0 Å². The van der Waals surface area contributed by atoms with Gasteiger partial charge in [0.1, 0.15) is 0 Å². The quantitative estimate of drug-likeness (QED) is 0.919. The van der Waals surface area contributed by atoms with Crippen molar-refractivity contribution in [1.82, 2.24) is 10.2 Å². The smallest absolute Gasteiger partial charge is 0.0471 e. The fraction of sp³-hybridized carbons (Fsp3) is 0.600. The Kier molecular flexibility index (Phi) is 4.71. The van der Waals surface area contributed by atoms with Crippen LogP contribution in [0.15, 0.2) is 18.2 Å². The second-order valence-electron chi connectivity index (χ2n) is 5.57. The number of anilines is 1. The normalized spacial score (nSPS) is 24.8. The molecule has 0 aliphatic carbocycles. The number of hydrogen-bond donors (Lipinski definition) is 1. The molecular formula is C15H24ClN3. The molecule has 4 heteroatoms. The molecule has 0 radical (unpaired) electrons. The number of halogens is 1. The molecule has 1 aliphatic rings. The standard InChI is InChI=1S/C15H24ClN3/c1-11-9-19(10-12(2)18(11)4)14-6-5-13(8-17-3)15(16)7-14/h5-7,11-12,17H,8-10H2,1-4H3. The molecule has 1 fully saturated rings. The minimum Gasteiger partial charge on any atom is -0.368 e. The van der Waals surface area contributed by atoms with Gasteiger partial charge in [0.2, 0.25) is 0 Å². The van der Waals surface area contributed by atoms with E-state index < -0.39 is 0 Å². The molecule has 1 saturated heterocycles. The van der Waals surface area contributed by atoms with Crippen LogP contribution in [0.4, 0.5) is 5.69 Å². The van der Waals surface area contributed by atoms with E-state index in [1.807, 2.05) is 7.05 Å². The van der Waals surface area contributed by atoms with Crippen molar-refractivity contribution in [3.63, 3.8) is 0 Å². The lowest BCUT2D eigenvalue weighted by molar-refractivity contribution is 0.170. The maximum Gasteiger partial charge on any atom is 0.0471 e. The van der Waals surface area contributed by atoms with Crippen molar-refractivity contribution in [3.05, 3.63) is 28.8 Å². The van der Waals surface area contributed by atoms with Gasteiger partial charge in [0.15, 0.2) is 0 Å². The molecule has 3 nitrogen and oxygen atoms in total. The molecule has 0 bridgehead atoms. The summed E-state index contributed by atoms with van der Waals surface area (Å²) in [5.74, 6) is 0. The average Bonchev–Trinajstić information content (AvgIpc) is 2.38. The topological polar surface area (TPSA) is 18.5 Å². The van der Waals surface area contributed by atoms with Gasteiger partial charge in [0, 0.05) is 42.4 Å². The Morgan fingerprint density at radius 3 is 2.42 bits per heavy atom. The molecule has 1 aromatic rings. The molecule has 1 N–H and O–H groups in total.